The maximum absolute atomic E-state index is 6.07. The average Bonchev–Trinajstić information content (AvgIpc) is 2.79. The van der Waals surface area contributed by atoms with E-state index < -0.39 is 0 Å². The Labute approximate surface area is 117 Å². The smallest absolute Gasteiger partial charge is 0.255 e. The Morgan fingerprint density at radius 2 is 2.11 bits per heavy atom. The Balaban J connectivity index is 2.02. The highest BCUT2D eigenvalue weighted by molar-refractivity contribution is 6.29. The third-order valence-corrected chi connectivity index (χ3v) is 4.04. The normalized spacial score (nSPS) is 20.1. The molecule has 0 bridgehead atoms. The Kier molecular flexibility index (Phi) is 2.87. The van der Waals surface area contributed by atoms with Crippen LogP contribution in [0.3, 0.4) is 0 Å². The summed E-state index contributed by atoms with van der Waals surface area (Å²) in [4.78, 5) is 12.9. The van der Waals surface area contributed by atoms with Gasteiger partial charge in [-0.1, -0.05) is 11.6 Å². The summed E-state index contributed by atoms with van der Waals surface area (Å²) in [6.07, 6.45) is 1.50. The van der Waals surface area contributed by atoms with Crippen molar-refractivity contribution in [2.45, 2.75) is 19.4 Å². The van der Waals surface area contributed by atoms with Gasteiger partial charge in [-0.3, -0.25) is 4.90 Å². The first kappa shape index (κ1) is 12.6. The van der Waals surface area contributed by atoms with Crippen LogP contribution in [0.15, 0.2) is 12.4 Å². The van der Waals surface area contributed by atoms with Crippen molar-refractivity contribution in [3.8, 4) is 0 Å². The number of fused-ring (bicyclic) bond motifs is 1. The summed E-state index contributed by atoms with van der Waals surface area (Å²) >= 11 is 6.07. The van der Waals surface area contributed by atoms with Gasteiger partial charge in [-0.2, -0.15) is 19.6 Å². The van der Waals surface area contributed by atoms with E-state index in [1.54, 1.807) is 4.52 Å². The molecule has 0 aliphatic carbocycles. The van der Waals surface area contributed by atoms with E-state index in [2.05, 4.69) is 45.8 Å². The summed E-state index contributed by atoms with van der Waals surface area (Å²) < 4.78 is 1.74. The topological polar surface area (TPSA) is 49.6 Å². The molecule has 1 saturated heterocycles. The number of aromatic nitrogens is 4. The van der Waals surface area contributed by atoms with E-state index in [4.69, 9.17) is 11.6 Å². The second kappa shape index (κ2) is 4.31. The van der Waals surface area contributed by atoms with Crippen molar-refractivity contribution in [1.82, 2.24) is 24.5 Å². The molecule has 0 atom stereocenters. The molecule has 6 nitrogen and oxygen atoms in total. The monoisotopic (exact) mass is 280 g/mol. The van der Waals surface area contributed by atoms with Gasteiger partial charge in [0.25, 0.3) is 5.78 Å². The number of anilines is 1. The molecule has 1 fully saturated rings. The molecule has 19 heavy (non-hydrogen) atoms. The lowest BCUT2D eigenvalue weighted by molar-refractivity contribution is 0.138. The fraction of sp³-hybridized carbons (Fsp3) is 0.583. The molecule has 3 heterocycles. The molecule has 2 aromatic heterocycles. The number of halogens is 1. The van der Waals surface area contributed by atoms with Gasteiger partial charge in [0, 0.05) is 31.2 Å². The third kappa shape index (κ3) is 2.15. The summed E-state index contributed by atoms with van der Waals surface area (Å²) in [6, 6.07) is 1.85. The Morgan fingerprint density at radius 1 is 1.32 bits per heavy atom. The van der Waals surface area contributed by atoms with Crippen LogP contribution in [0.1, 0.15) is 13.8 Å². The molecule has 7 heteroatoms. The number of rotatable bonds is 1. The Morgan fingerprint density at radius 3 is 2.84 bits per heavy atom. The minimum Gasteiger partial charge on any atom is -0.353 e. The van der Waals surface area contributed by atoms with Crippen LogP contribution < -0.4 is 4.90 Å². The number of hydrogen-bond donors (Lipinski definition) is 0. The molecule has 0 spiro atoms. The summed E-state index contributed by atoms with van der Waals surface area (Å²) in [5.41, 5.74) is 0.112. The Hall–Kier alpha value is -1.40. The van der Waals surface area contributed by atoms with E-state index in [0.29, 0.717) is 10.9 Å². The quantitative estimate of drug-likeness (QED) is 0.737. The largest absolute Gasteiger partial charge is 0.353 e. The van der Waals surface area contributed by atoms with E-state index >= 15 is 0 Å². The first-order valence-corrected chi connectivity index (χ1v) is 6.68. The highest BCUT2D eigenvalue weighted by Gasteiger charge is 2.32. The highest BCUT2D eigenvalue weighted by atomic mass is 35.5. The second-order valence-electron chi connectivity index (χ2n) is 5.56. The van der Waals surface area contributed by atoms with Gasteiger partial charge in [-0.05, 0) is 20.9 Å². The molecule has 0 radical (unpaired) electrons. The van der Waals surface area contributed by atoms with Crippen molar-refractivity contribution < 1.29 is 0 Å². The van der Waals surface area contributed by atoms with E-state index in [9.17, 15) is 0 Å². The minimum absolute atomic E-state index is 0.112. The van der Waals surface area contributed by atoms with Gasteiger partial charge in [0.1, 0.15) is 17.3 Å². The zero-order valence-corrected chi connectivity index (χ0v) is 12.1. The first-order valence-electron chi connectivity index (χ1n) is 6.30. The van der Waals surface area contributed by atoms with Gasteiger partial charge in [-0.15, -0.1) is 0 Å². The summed E-state index contributed by atoms with van der Waals surface area (Å²) in [7, 11) is 2.15. The van der Waals surface area contributed by atoms with Gasteiger partial charge in [0.15, 0.2) is 0 Å². The van der Waals surface area contributed by atoms with E-state index in [1.165, 1.54) is 6.33 Å². The number of hydrogen-bond acceptors (Lipinski definition) is 5. The number of nitrogens with zero attached hydrogens (tertiary/aromatic N) is 6. The molecule has 3 rings (SSSR count). The lowest BCUT2D eigenvalue weighted by Gasteiger charge is -2.46. The SMILES string of the molecule is CN1CCN(c2cc(Cl)nc3ncnn23)CC1(C)C. The van der Waals surface area contributed by atoms with Crippen LogP contribution in [0.4, 0.5) is 5.82 Å². The molecule has 0 N–H and O–H groups in total. The summed E-state index contributed by atoms with van der Waals surface area (Å²) in [5, 5.41) is 4.68. The van der Waals surface area contributed by atoms with E-state index in [1.807, 2.05) is 6.07 Å². The van der Waals surface area contributed by atoms with Gasteiger partial charge >= 0.3 is 0 Å². The predicted octanol–water partition coefficient (Wildman–Crippen LogP) is 1.31. The maximum Gasteiger partial charge on any atom is 0.255 e. The van der Waals surface area contributed by atoms with Crippen molar-refractivity contribution in [2.75, 3.05) is 31.6 Å². The van der Waals surface area contributed by atoms with Crippen molar-refractivity contribution in [3.63, 3.8) is 0 Å². The first-order chi connectivity index (χ1) is 8.97. The van der Waals surface area contributed by atoms with Crippen LogP contribution in [0.2, 0.25) is 5.15 Å². The molecule has 102 valence electrons. The van der Waals surface area contributed by atoms with Gasteiger partial charge < -0.3 is 4.90 Å². The lowest BCUT2D eigenvalue weighted by Crippen LogP contribution is -2.58. The second-order valence-corrected chi connectivity index (χ2v) is 5.95. The van der Waals surface area contributed by atoms with Crippen LogP contribution in [-0.4, -0.2) is 56.7 Å². The average molecular weight is 281 g/mol. The maximum atomic E-state index is 6.07. The fourth-order valence-corrected chi connectivity index (χ4v) is 2.60. The molecule has 1 aliphatic rings. The van der Waals surface area contributed by atoms with E-state index in [0.717, 1.165) is 25.5 Å². The number of piperazine rings is 1. The van der Waals surface area contributed by atoms with Crippen molar-refractivity contribution >= 4 is 23.2 Å². The predicted molar refractivity (Wildman–Crippen MR) is 74.7 cm³/mol. The summed E-state index contributed by atoms with van der Waals surface area (Å²) in [5.74, 6) is 1.49. The molecule has 0 unspecified atom stereocenters. The van der Waals surface area contributed by atoms with Crippen LogP contribution in [0.25, 0.3) is 5.78 Å². The standard InChI is InChI=1S/C12H17ClN6/c1-12(2)7-18(5-4-17(12)3)10-6-9(13)16-11-14-8-15-19(10)11/h6,8H,4-5,7H2,1-3H3. The van der Waals surface area contributed by atoms with Gasteiger partial charge in [0.2, 0.25) is 0 Å². The van der Waals surface area contributed by atoms with Crippen molar-refractivity contribution in [1.29, 1.82) is 0 Å². The van der Waals surface area contributed by atoms with Crippen molar-refractivity contribution in [2.24, 2.45) is 0 Å². The van der Waals surface area contributed by atoms with Gasteiger partial charge in [0.05, 0.1) is 0 Å². The van der Waals surface area contributed by atoms with Crippen LogP contribution in [0.5, 0.6) is 0 Å². The summed E-state index contributed by atoms with van der Waals surface area (Å²) in [6.45, 7) is 7.33. The molecule has 1 aliphatic heterocycles. The number of likely N-dealkylation sites (N-methyl/N-ethyl adjacent to an activating group) is 1. The van der Waals surface area contributed by atoms with Crippen LogP contribution >= 0.6 is 11.6 Å². The van der Waals surface area contributed by atoms with E-state index in [-0.39, 0.29) is 5.54 Å². The molecular weight excluding hydrogens is 264 g/mol. The van der Waals surface area contributed by atoms with Crippen molar-refractivity contribution in [3.05, 3.63) is 17.5 Å². The zero-order valence-electron chi connectivity index (χ0n) is 11.3. The zero-order chi connectivity index (χ0) is 13.6. The highest BCUT2D eigenvalue weighted by Crippen LogP contribution is 2.25. The van der Waals surface area contributed by atoms with Crippen LogP contribution in [0, 0.1) is 0 Å². The fourth-order valence-electron chi connectivity index (χ4n) is 2.43. The molecular formula is C12H17ClN6. The molecule has 0 aromatic carbocycles. The Bertz CT molecular complexity index is 607. The molecule has 0 saturated carbocycles. The molecule has 0 amide bonds. The third-order valence-electron chi connectivity index (χ3n) is 3.84. The molecule has 2 aromatic rings. The minimum atomic E-state index is 0.112. The van der Waals surface area contributed by atoms with Crippen LogP contribution in [-0.2, 0) is 0 Å². The van der Waals surface area contributed by atoms with Gasteiger partial charge in [-0.25, -0.2) is 0 Å². The lowest BCUT2D eigenvalue weighted by atomic mass is 10.00.